The largest absolute Gasteiger partial charge is 0.497 e. The molecule has 28 heavy (non-hydrogen) atoms. The van der Waals surface area contributed by atoms with Gasteiger partial charge in [-0.3, -0.25) is 9.59 Å². The van der Waals surface area contributed by atoms with Crippen molar-refractivity contribution in [2.45, 2.75) is 38.5 Å². The zero-order valence-corrected chi connectivity index (χ0v) is 17.2. The summed E-state index contributed by atoms with van der Waals surface area (Å²) in [5.41, 5.74) is 1.20. The molecule has 2 fully saturated rings. The summed E-state index contributed by atoms with van der Waals surface area (Å²) in [6.07, 6.45) is 3.24. The summed E-state index contributed by atoms with van der Waals surface area (Å²) in [7, 11) is 1.66. The van der Waals surface area contributed by atoms with Crippen LogP contribution in [-0.4, -0.2) is 68.0 Å². The van der Waals surface area contributed by atoms with Crippen molar-refractivity contribution in [1.82, 2.24) is 15.1 Å². The Morgan fingerprint density at radius 2 is 1.82 bits per heavy atom. The van der Waals surface area contributed by atoms with E-state index in [1.54, 1.807) is 7.11 Å². The lowest BCUT2D eigenvalue weighted by atomic mass is 9.90. The van der Waals surface area contributed by atoms with Gasteiger partial charge in [-0.15, -0.1) is 0 Å². The average Bonchev–Trinajstić information content (AvgIpc) is 3.57. The van der Waals surface area contributed by atoms with Crippen molar-refractivity contribution < 1.29 is 14.3 Å². The third-order valence-corrected chi connectivity index (χ3v) is 5.97. The molecule has 1 saturated carbocycles. The first-order chi connectivity index (χ1) is 13.6. The molecule has 0 radical (unpaired) electrons. The molecule has 1 aliphatic carbocycles. The number of piperazine rings is 1. The number of hydrogen-bond acceptors (Lipinski definition) is 4. The van der Waals surface area contributed by atoms with E-state index in [1.807, 2.05) is 17.0 Å². The maximum absolute atomic E-state index is 12.5. The van der Waals surface area contributed by atoms with Crippen LogP contribution in [-0.2, 0) is 9.59 Å². The van der Waals surface area contributed by atoms with Gasteiger partial charge in [-0.05, 0) is 48.9 Å². The maximum atomic E-state index is 12.5. The van der Waals surface area contributed by atoms with Gasteiger partial charge in [0.25, 0.3) is 0 Å². The highest BCUT2D eigenvalue weighted by Gasteiger charge is 2.33. The quantitative estimate of drug-likeness (QED) is 0.706. The highest BCUT2D eigenvalue weighted by molar-refractivity contribution is 5.79. The van der Waals surface area contributed by atoms with E-state index in [-0.39, 0.29) is 17.7 Å². The van der Waals surface area contributed by atoms with E-state index in [9.17, 15) is 9.59 Å². The van der Waals surface area contributed by atoms with Gasteiger partial charge in [0.15, 0.2) is 0 Å². The topological polar surface area (TPSA) is 61.9 Å². The number of carbonyl (C=O) groups excluding carboxylic acids is 2. The first kappa shape index (κ1) is 20.6. The second kappa shape index (κ2) is 9.92. The van der Waals surface area contributed by atoms with Crippen LogP contribution in [0.15, 0.2) is 24.3 Å². The number of nitrogens with one attached hydrogen (secondary N) is 1. The average molecular weight is 388 g/mol. The van der Waals surface area contributed by atoms with Crippen LogP contribution >= 0.6 is 0 Å². The summed E-state index contributed by atoms with van der Waals surface area (Å²) < 4.78 is 5.23. The van der Waals surface area contributed by atoms with Crippen LogP contribution in [0.5, 0.6) is 5.75 Å². The van der Waals surface area contributed by atoms with Gasteiger partial charge in [0.1, 0.15) is 5.75 Å². The first-order valence-corrected chi connectivity index (χ1v) is 10.5. The Bertz CT molecular complexity index is 649. The lowest BCUT2D eigenvalue weighted by Crippen LogP contribution is -2.49. The van der Waals surface area contributed by atoms with Crippen LogP contribution in [0.3, 0.4) is 0 Å². The van der Waals surface area contributed by atoms with Gasteiger partial charge in [-0.25, -0.2) is 0 Å². The minimum atomic E-state index is 0.0383. The fraction of sp³-hybridized carbons (Fsp3) is 0.636. The molecule has 0 aromatic heterocycles. The monoisotopic (exact) mass is 387 g/mol. The maximum Gasteiger partial charge on any atom is 0.224 e. The Morgan fingerprint density at radius 3 is 2.39 bits per heavy atom. The molecule has 1 atom stereocenters. The van der Waals surface area contributed by atoms with Gasteiger partial charge in [0.2, 0.25) is 11.8 Å². The summed E-state index contributed by atoms with van der Waals surface area (Å²) in [5.74, 6) is 1.86. The minimum Gasteiger partial charge on any atom is -0.497 e. The molecule has 1 aliphatic heterocycles. The van der Waals surface area contributed by atoms with Crippen molar-refractivity contribution in [3.05, 3.63) is 29.8 Å². The standard InChI is InChI=1S/C22H33N3O3/c1-3-24-12-14-25(15-13-24)22(27)10-11-23-21(26)16-20(17-4-5-17)18-6-8-19(28-2)9-7-18/h6-9,17,20H,3-5,10-16H2,1-2H3,(H,23,26). The number of ether oxygens (including phenoxy) is 1. The molecule has 0 spiro atoms. The van der Waals surface area contributed by atoms with Crippen molar-refractivity contribution in [2.24, 2.45) is 5.92 Å². The normalized spacial score (nSPS) is 18.6. The van der Waals surface area contributed by atoms with E-state index in [0.717, 1.165) is 38.5 Å². The predicted octanol–water partition coefficient (Wildman–Crippen LogP) is 2.25. The van der Waals surface area contributed by atoms with Crippen molar-refractivity contribution in [2.75, 3.05) is 46.4 Å². The number of carbonyl (C=O) groups is 2. The highest BCUT2D eigenvalue weighted by atomic mass is 16.5. The van der Waals surface area contributed by atoms with Crippen LogP contribution in [0.4, 0.5) is 0 Å². The van der Waals surface area contributed by atoms with E-state index in [1.165, 1.54) is 18.4 Å². The number of benzene rings is 1. The number of hydrogen-bond donors (Lipinski definition) is 1. The molecule has 2 aliphatic rings. The number of methoxy groups -OCH3 is 1. The third-order valence-electron chi connectivity index (χ3n) is 5.97. The molecule has 1 saturated heterocycles. The zero-order valence-electron chi connectivity index (χ0n) is 17.2. The minimum absolute atomic E-state index is 0.0383. The van der Waals surface area contributed by atoms with Gasteiger partial charge < -0.3 is 19.9 Å². The Hall–Kier alpha value is -2.08. The van der Waals surface area contributed by atoms with Crippen molar-refractivity contribution in [3.63, 3.8) is 0 Å². The molecule has 3 rings (SSSR count). The van der Waals surface area contributed by atoms with Crippen molar-refractivity contribution >= 4 is 11.8 Å². The zero-order chi connectivity index (χ0) is 19.9. The Kier molecular flexibility index (Phi) is 7.31. The molecule has 1 unspecified atom stereocenters. The number of nitrogens with zero attached hydrogens (tertiary/aromatic N) is 2. The molecule has 0 bridgehead atoms. The second-order valence-corrected chi connectivity index (χ2v) is 7.84. The van der Waals surface area contributed by atoms with E-state index >= 15 is 0 Å². The molecular formula is C22H33N3O3. The van der Waals surface area contributed by atoms with Gasteiger partial charge in [0, 0.05) is 45.6 Å². The van der Waals surface area contributed by atoms with E-state index < -0.39 is 0 Å². The number of likely N-dealkylation sites (N-methyl/N-ethyl adjacent to an activating group) is 1. The van der Waals surface area contributed by atoms with Crippen LogP contribution in [0, 0.1) is 5.92 Å². The molecular weight excluding hydrogens is 354 g/mol. The summed E-state index contributed by atoms with van der Waals surface area (Å²) in [6.45, 7) is 7.08. The number of amides is 2. The highest BCUT2D eigenvalue weighted by Crippen LogP contribution is 2.44. The predicted molar refractivity (Wildman–Crippen MR) is 109 cm³/mol. The summed E-state index contributed by atoms with van der Waals surface area (Å²) in [6, 6.07) is 8.04. The molecule has 2 amide bonds. The fourth-order valence-electron chi connectivity index (χ4n) is 3.96. The summed E-state index contributed by atoms with van der Waals surface area (Å²) in [4.78, 5) is 29.1. The Morgan fingerprint density at radius 1 is 1.14 bits per heavy atom. The third kappa shape index (κ3) is 5.71. The molecule has 1 aromatic carbocycles. The second-order valence-electron chi connectivity index (χ2n) is 7.84. The van der Waals surface area contributed by atoms with Gasteiger partial charge in [-0.1, -0.05) is 19.1 Å². The molecule has 6 heteroatoms. The fourth-order valence-corrected chi connectivity index (χ4v) is 3.96. The molecule has 1 heterocycles. The Labute approximate surface area is 168 Å². The van der Waals surface area contributed by atoms with Crippen molar-refractivity contribution in [1.29, 1.82) is 0 Å². The molecule has 6 nitrogen and oxygen atoms in total. The molecule has 1 aromatic rings. The van der Waals surface area contributed by atoms with Crippen LogP contribution in [0.2, 0.25) is 0 Å². The summed E-state index contributed by atoms with van der Waals surface area (Å²) in [5, 5.41) is 2.96. The number of rotatable bonds is 9. The smallest absolute Gasteiger partial charge is 0.224 e. The van der Waals surface area contributed by atoms with Gasteiger partial charge in [-0.2, -0.15) is 0 Å². The van der Waals surface area contributed by atoms with Crippen LogP contribution in [0.1, 0.15) is 44.1 Å². The summed E-state index contributed by atoms with van der Waals surface area (Å²) >= 11 is 0. The van der Waals surface area contributed by atoms with Gasteiger partial charge >= 0.3 is 0 Å². The Balaban J connectivity index is 1.42. The lowest BCUT2D eigenvalue weighted by Gasteiger charge is -2.34. The van der Waals surface area contributed by atoms with Crippen molar-refractivity contribution in [3.8, 4) is 5.75 Å². The van der Waals surface area contributed by atoms with E-state index in [4.69, 9.17) is 4.74 Å². The van der Waals surface area contributed by atoms with Crippen LogP contribution < -0.4 is 10.1 Å². The lowest BCUT2D eigenvalue weighted by molar-refractivity contribution is -0.132. The van der Waals surface area contributed by atoms with E-state index in [0.29, 0.717) is 25.3 Å². The van der Waals surface area contributed by atoms with Gasteiger partial charge in [0.05, 0.1) is 7.11 Å². The first-order valence-electron chi connectivity index (χ1n) is 10.5. The SMILES string of the molecule is CCN1CCN(C(=O)CCNC(=O)CC(c2ccc(OC)cc2)C2CC2)CC1. The van der Waals surface area contributed by atoms with E-state index in [2.05, 4.69) is 29.3 Å². The molecule has 154 valence electrons. The van der Waals surface area contributed by atoms with Crippen LogP contribution in [0.25, 0.3) is 0 Å². The molecule has 1 N–H and O–H groups in total.